The minimum Gasteiger partial charge on any atom is -0.300 e. The summed E-state index contributed by atoms with van der Waals surface area (Å²) >= 11 is 0. The second kappa shape index (κ2) is 6.56. The average Bonchev–Trinajstić information content (AvgIpc) is 2.47. The quantitative estimate of drug-likeness (QED) is 0.846. The van der Waals surface area contributed by atoms with Crippen molar-refractivity contribution in [2.75, 3.05) is 32.7 Å². The van der Waals surface area contributed by atoms with Crippen molar-refractivity contribution in [2.45, 2.75) is 18.7 Å². The van der Waals surface area contributed by atoms with Gasteiger partial charge in [0, 0.05) is 32.7 Å². The first-order valence-corrected chi connectivity index (χ1v) is 8.60. The van der Waals surface area contributed by atoms with Crippen molar-refractivity contribution in [3.63, 3.8) is 0 Å². The standard InChI is InChI=1S/C15H21N3O2S/c1-13(2)12-17-6-8-18(9-7-17)21(19,20)15-5-3-4-14(10-15)11-16/h3-5,10,13H,6-9,12H2,1-2H3. The Morgan fingerprint density at radius 3 is 2.48 bits per heavy atom. The summed E-state index contributed by atoms with van der Waals surface area (Å²) in [6.07, 6.45) is 0. The highest BCUT2D eigenvalue weighted by Crippen LogP contribution is 2.19. The van der Waals surface area contributed by atoms with Crippen LogP contribution in [-0.2, 0) is 10.0 Å². The third-order valence-electron chi connectivity index (χ3n) is 3.56. The third-order valence-corrected chi connectivity index (χ3v) is 5.45. The van der Waals surface area contributed by atoms with Crippen molar-refractivity contribution < 1.29 is 8.42 Å². The van der Waals surface area contributed by atoms with E-state index in [0.717, 1.165) is 19.6 Å². The lowest BCUT2D eigenvalue weighted by Crippen LogP contribution is -2.49. The maximum Gasteiger partial charge on any atom is 0.243 e. The monoisotopic (exact) mass is 307 g/mol. The number of sulfonamides is 1. The summed E-state index contributed by atoms with van der Waals surface area (Å²) in [6, 6.07) is 8.19. The summed E-state index contributed by atoms with van der Waals surface area (Å²) in [6.45, 7) is 7.85. The molecule has 0 spiro atoms. The molecular weight excluding hydrogens is 286 g/mol. The first-order chi connectivity index (χ1) is 9.93. The van der Waals surface area contributed by atoms with Gasteiger partial charge in [0.1, 0.15) is 0 Å². The molecule has 0 saturated carbocycles. The van der Waals surface area contributed by atoms with Crippen LogP contribution in [0.2, 0.25) is 0 Å². The van der Waals surface area contributed by atoms with Crippen LogP contribution in [0.3, 0.4) is 0 Å². The first-order valence-electron chi connectivity index (χ1n) is 7.16. The van der Waals surface area contributed by atoms with Crippen LogP contribution >= 0.6 is 0 Å². The van der Waals surface area contributed by atoms with Crippen LogP contribution in [0, 0.1) is 17.2 Å². The average molecular weight is 307 g/mol. The summed E-state index contributed by atoms with van der Waals surface area (Å²) < 4.78 is 26.7. The third kappa shape index (κ3) is 3.82. The van der Waals surface area contributed by atoms with Crippen molar-refractivity contribution in [3.05, 3.63) is 29.8 Å². The van der Waals surface area contributed by atoms with Gasteiger partial charge in [-0.05, 0) is 24.1 Å². The molecule has 0 atom stereocenters. The lowest BCUT2D eigenvalue weighted by atomic mass is 10.2. The van der Waals surface area contributed by atoms with Crippen LogP contribution in [0.1, 0.15) is 19.4 Å². The Labute approximate surface area is 126 Å². The van der Waals surface area contributed by atoms with E-state index in [1.807, 2.05) is 6.07 Å². The van der Waals surface area contributed by atoms with Crippen molar-refractivity contribution in [3.8, 4) is 6.07 Å². The van der Waals surface area contributed by atoms with Crippen molar-refractivity contribution in [1.82, 2.24) is 9.21 Å². The largest absolute Gasteiger partial charge is 0.300 e. The van der Waals surface area contributed by atoms with Gasteiger partial charge in [0.2, 0.25) is 10.0 Å². The molecular formula is C15H21N3O2S. The minimum atomic E-state index is -3.49. The number of nitrogens with zero attached hydrogens (tertiary/aromatic N) is 3. The molecule has 0 amide bonds. The predicted octanol–water partition coefficient (Wildman–Crippen LogP) is 1.52. The Kier molecular flexibility index (Phi) is 4.99. The predicted molar refractivity (Wildman–Crippen MR) is 81.2 cm³/mol. The van der Waals surface area contributed by atoms with Crippen molar-refractivity contribution in [1.29, 1.82) is 5.26 Å². The van der Waals surface area contributed by atoms with Crippen molar-refractivity contribution >= 4 is 10.0 Å². The van der Waals surface area contributed by atoms with Gasteiger partial charge in [0.05, 0.1) is 16.5 Å². The molecule has 0 aromatic heterocycles. The molecule has 0 radical (unpaired) electrons. The van der Waals surface area contributed by atoms with E-state index in [1.54, 1.807) is 18.2 Å². The SMILES string of the molecule is CC(C)CN1CCN(S(=O)(=O)c2cccc(C#N)c2)CC1. The Balaban J connectivity index is 2.09. The summed E-state index contributed by atoms with van der Waals surface area (Å²) in [5.74, 6) is 0.584. The highest BCUT2D eigenvalue weighted by atomic mass is 32.2. The van der Waals surface area contributed by atoms with Crippen LogP contribution in [-0.4, -0.2) is 50.3 Å². The number of benzene rings is 1. The normalized spacial score (nSPS) is 17.8. The Morgan fingerprint density at radius 1 is 1.24 bits per heavy atom. The number of rotatable bonds is 4. The molecule has 2 rings (SSSR count). The number of nitriles is 1. The van der Waals surface area contributed by atoms with Gasteiger partial charge in [0.25, 0.3) is 0 Å². The minimum absolute atomic E-state index is 0.207. The Bertz CT molecular complexity index is 627. The molecule has 1 saturated heterocycles. The molecule has 21 heavy (non-hydrogen) atoms. The topological polar surface area (TPSA) is 64.4 Å². The fourth-order valence-electron chi connectivity index (χ4n) is 2.54. The zero-order valence-corrected chi connectivity index (χ0v) is 13.3. The summed E-state index contributed by atoms with van der Waals surface area (Å²) in [7, 11) is -3.49. The summed E-state index contributed by atoms with van der Waals surface area (Å²) in [5.41, 5.74) is 0.370. The summed E-state index contributed by atoms with van der Waals surface area (Å²) in [5, 5.41) is 8.89. The zero-order chi connectivity index (χ0) is 15.5. The van der Waals surface area contributed by atoms with Gasteiger partial charge < -0.3 is 4.90 Å². The highest BCUT2D eigenvalue weighted by molar-refractivity contribution is 7.89. The lowest BCUT2D eigenvalue weighted by Gasteiger charge is -2.34. The molecule has 6 heteroatoms. The van der Waals surface area contributed by atoms with Gasteiger partial charge in [-0.1, -0.05) is 19.9 Å². The van der Waals surface area contributed by atoms with Gasteiger partial charge in [-0.15, -0.1) is 0 Å². The second-order valence-electron chi connectivity index (χ2n) is 5.74. The fraction of sp³-hybridized carbons (Fsp3) is 0.533. The van der Waals surface area contributed by atoms with Crippen LogP contribution in [0.25, 0.3) is 0 Å². The van der Waals surface area contributed by atoms with Crippen LogP contribution in [0.15, 0.2) is 29.2 Å². The maximum absolute atomic E-state index is 12.6. The van der Waals surface area contributed by atoms with Crippen LogP contribution < -0.4 is 0 Å². The Hall–Kier alpha value is -1.42. The second-order valence-corrected chi connectivity index (χ2v) is 7.68. The molecule has 1 heterocycles. The molecule has 1 aliphatic rings. The van der Waals surface area contributed by atoms with Crippen LogP contribution in [0.4, 0.5) is 0 Å². The first kappa shape index (κ1) is 16.0. The van der Waals surface area contributed by atoms with E-state index in [9.17, 15) is 8.42 Å². The molecule has 5 nitrogen and oxygen atoms in total. The summed E-state index contributed by atoms with van der Waals surface area (Å²) in [4.78, 5) is 2.50. The Morgan fingerprint density at radius 2 is 1.90 bits per heavy atom. The maximum atomic E-state index is 12.6. The molecule has 1 fully saturated rings. The van der Waals surface area contributed by atoms with Gasteiger partial charge in [-0.3, -0.25) is 0 Å². The fourth-order valence-corrected chi connectivity index (χ4v) is 4.01. The molecule has 0 N–H and O–H groups in total. The molecule has 0 unspecified atom stereocenters. The van der Waals surface area contributed by atoms with E-state index in [4.69, 9.17) is 5.26 Å². The van der Waals surface area contributed by atoms with E-state index in [0.29, 0.717) is 24.6 Å². The highest BCUT2D eigenvalue weighted by Gasteiger charge is 2.28. The number of piperazine rings is 1. The molecule has 114 valence electrons. The molecule has 0 aliphatic carbocycles. The lowest BCUT2D eigenvalue weighted by molar-refractivity contribution is 0.172. The molecule has 0 bridgehead atoms. The van der Waals surface area contributed by atoms with Gasteiger partial charge >= 0.3 is 0 Å². The smallest absolute Gasteiger partial charge is 0.243 e. The number of hydrogen-bond acceptors (Lipinski definition) is 4. The molecule has 1 aliphatic heterocycles. The van der Waals surface area contributed by atoms with Gasteiger partial charge in [-0.25, -0.2) is 8.42 Å². The van der Waals surface area contributed by atoms with Crippen molar-refractivity contribution in [2.24, 2.45) is 5.92 Å². The van der Waals surface area contributed by atoms with E-state index >= 15 is 0 Å². The van der Waals surface area contributed by atoms with E-state index in [2.05, 4.69) is 18.7 Å². The van der Waals surface area contributed by atoms with Crippen LogP contribution in [0.5, 0.6) is 0 Å². The van der Waals surface area contributed by atoms with E-state index < -0.39 is 10.0 Å². The van der Waals surface area contributed by atoms with Gasteiger partial charge in [0.15, 0.2) is 0 Å². The molecule has 1 aromatic carbocycles. The van der Waals surface area contributed by atoms with Gasteiger partial charge in [-0.2, -0.15) is 9.57 Å². The zero-order valence-electron chi connectivity index (χ0n) is 12.5. The number of hydrogen-bond donors (Lipinski definition) is 0. The molecule has 1 aromatic rings. The van der Waals surface area contributed by atoms with E-state index in [1.165, 1.54) is 10.4 Å². The van der Waals surface area contributed by atoms with E-state index in [-0.39, 0.29) is 4.90 Å².